The maximum atomic E-state index is 12.8. The third kappa shape index (κ3) is 4.82. The molecule has 1 amide bonds. The first-order valence-electron chi connectivity index (χ1n) is 8.71. The van der Waals surface area contributed by atoms with Crippen LogP contribution in [-0.2, 0) is 9.47 Å². The Morgan fingerprint density at radius 3 is 2.73 bits per heavy atom. The van der Waals surface area contributed by atoms with Gasteiger partial charge in [-0.3, -0.25) is 4.79 Å². The van der Waals surface area contributed by atoms with E-state index < -0.39 is 0 Å². The lowest BCUT2D eigenvalue weighted by Gasteiger charge is -2.32. The van der Waals surface area contributed by atoms with Gasteiger partial charge in [0.25, 0.3) is 5.91 Å². The number of hydrogen-bond acceptors (Lipinski definition) is 5. The molecule has 6 heteroatoms. The normalized spacial score (nSPS) is 19.7. The molecule has 26 heavy (non-hydrogen) atoms. The average Bonchev–Trinajstić information content (AvgIpc) is 2.68. The van der Waals surface area contributed by atoms with Crippen LogP contribution in [-0.4, -0.2) is 49.6 Å². The van der Waals surface area contributed by atoms with Crippen LogP contribution in [0.1, 0.15) is 16.8 Å². The molecule has 0 saturated carbocycles. The molecular weight excluding hydrogens is 334 g/mol. The molecule has 0 radical (unpaired) electrons. The highest BCUT2D eigenvalue weighted by Crippen LogP contribution is 2.25. The van der Waals surface area contributed by atoms with Crippen molar-refractivity contribution in [1.82, 2.24) is 5.32 Å². The van der Waals surface area contributed by atoms with Crippen LogP contribution >= 0.6 is 0 Å². The van der Waals surface area contributed by atoms with Crippen LogP contribution in [0, 0.1) is 0 Å². The fraction of sp³-hybridized carbons (Fsp3) is 0.350. The Kier molecular flexibility index (Phi) is 6.60. The number of ether oxygens (including phenoxy) is 3. The van der Waals surface area contributed by atoms with E-state index in [1.807, 2.05) is 36.4 Å². The number of benzene rings is 2. The summed E-state index contributed by atoms with van der Waals surface area (Å²) in [6.45, 7) is 1.11. The number of nitrogens with one attached hydrogen (secondary N) is 1. The molecule has 2 aromatic rings. The van der Waals surface area contributed by atoms with E-state index in [1.165, 1.54) is 0 Å². The zero-order chi connectivity index (χ0) is 18.2. The number of hydrogen-bond donors (Lipinski definition) is 2. The Bertz CT molecular complexity index is 706. The highest BCUT2D eigenvalue weighted by atomic mass is 16.5. The number of rotatable bonds is 7. The Hall–Kier alpha value is -2.41. The third-order valence-corrected chi connectivity index (χ3v) is 4.15. The topological polar surface area (TPSA) is 77.0 Å². The SMILES string of the molecule is O=C(N[C@@H]1CCOC[C@H]1OCCO)c1ccccc1Oc1ccccc1. The van der Waals surface area contributed by atoms with Crippen molar-refractivity contribution in [2.24, 2.45) is 0 Å². The summed E-state index contributed by atoms with van der Waals surface area (Å²) in [7, 11) is 0. The van der Waals surface area contributed by atoms with Gasteiger partial charge in [0.2, 0.25) is 0 Å². The van der Waals surface area contributed by atoms with Crippen LogP contribution in [0.25, 0.3) is 0 Å². The minimum atomic E-state index is -0.276. The molecule has 6 nitrogen and oxygen atoms in total. The number of aliphatic hydroxyl groups is 1. The van der Waals surface area contributed by atoms with Gasteiger partial charge in [-0.2, -0.15) is 0 Å². The molecular formula is C20H23NO5. The van der Waals surface area contributed by atoms with Crippen LogP contribution in [0.15, 0.2) is 54.6 Å². The van der Waals surface area contributed by atoms with Gasteiger partial charge < -0.3 is 24.6 Å². The molecule has 0 spiro atoms. The second-order valence-corrected chi connectivity index (χ2v) is 5.99. The summed E-state index contributed by atoms with van der Waals surface area (Å²) < 4.78 is 16.9. The van der Waals surface area contributed by atoms with E-state index in [2.05, 4.69) is 5.32 Å². The van der Waals surface area contributed by atoms with Crippen molar-refractivity contribution in [3.8, 4) is 11.5 Å². The maximum absolute atomic E-state index is 12.8. The minimum absolute atomic E-state index is 0.0646. The van der Waals surface area contributed by atoms with Gasteiger partial charge in [0.05, 0.1) is 31.4 Å². The van der Waals surface area contributed by atoms with E-state index in [4.69, 9.17) is 19.3 Å². The summed E-state index contributed by atoms with van der Waals surface area (Å²) in [5, 5.41) is 12.0. The van der Waals surface area contributed by atoms with Crippen LogP contribution in [0.4, 0.5) is 0 Å². The summed E-state index contributed by atoms with van der Waals surface area (Å²) in [4.78, 5) is 12.8. The van der Waals surface area contributed by atoms with Gasteiger partial charge in [-0.25, -0.2) is 0 Å². The van der Waals surface area contributed by atoms with Gasteiger partial charge >= 0.3 is 0 Å². The molecule has 2 N–H and O–H groups in total. The lowest BCUT2D eigenvalue weighted by atomic mass is 10.0. The first-order chi connectivity index (χ1) is 12.8. The molecule has 0 bridgehead atoms. The fourth-order valence-corrected chi connectivity index (χ4v) is 2.85. The van der Waals surface area contributed by atoms with Crippen molar-refractivity contribution in [2.45, 2.75) is 18.6 Å². The first-order valence-corrected chi connectivity index (χ1v) is 8.71. The van der Waals surface area contributed by atoms with Gasteiger partial charge in [0.15, 0.2) is 0 Å². The van der Waals surface area contributed by atoms with E-state index in [9.17, 15) is 4.79 Å². The van der Waals surface area contributed by atoms with Gasteiger partial charge in [0, 0.05) is 6.61 Å². The Balaban J connectivity index is 1.71. The standard InChI is InChI=1S/C20H23NO5/c22-11-13-25-19-14-24-12-10-17(19)21-20(23)16-8-4-5-9-18(16)26-15-6-2-1-3-7-15/h1-9,17,19,22H,10-14H2,(H,21,23)/t17-,19-/m1/s1. The summed E-state index contributed by atoms with van der Waals surface area (Å²) in [6, 6.07) is 16.3. The highest BCUT2D eigenvalue weighted by molar-refractivity contribution is 5.97. The Morgan fingerprint density at radius 1 is 1.15 bits per heavy atom. The molecule has 1 aliphatic rings. The fourth-order valence-electron chi connectivity index (χ4n) is 2.85. The Morgan fingerprint density at radius 2 is 1.92 bits per heavy atom. The number of carbonyl (C=O) groups excluding carboxylic acids is 1. The maximum Gasteiger partial charge on any atom is 0.255 e. The lowest BCUT2D eigenvalue weighted by Crippen LogP contribution is -2.50. The zero-order valence-corrected chi connectivity index (χ0v) is 14.5. The van der Waals surface area contributed by atoms with Gasteiger partial charge in [-0.05, 0) is 30.7 Å². The second kappa shape index (κ2) is 9.33. The molecule has 2 aromatic carbocycles. The van der Waals surface area contributed by atoms with Crippen molar-refractivity contribution in [3.63, 3.8) is 0 Å². The minimum Gasteiger partial charge on any atom is -0.457 e. The smallest absolute Gasteiger partial charge is 0.255 e. The largest absolute Gasteiger partial charge is 0.457 e. The van der Waals surface area contributed by atoms with Gasteiger partial charge in [0.1, 0.15) is 17.6 Å². The monoisotopic (exact) mass is 357 g/mol. The first kappa shape index (κ1) is 18.4. The van der Waals surface area contributed by atoms with Crippen LogP contribution in [0.5, 0.6) is 11.5 Å². The number of amides is 1. The van der Waals surface area contributed by atoms with Crippen LogP contribution < -0.4 is 10.1 Å². The van der Waals surface area contributed by atoms with Crippen LogP contribution in [0.3, 0.4) is 0 Å². The predicted octanol–water partition coefficient (Wildman–Crippen LogP) is 2.38. The van der Waals surface area contributed by atoms with E-state index in [0.717, 1.165) is 0 Å². The number of aliphatic hydroxyl groups excluding tert-OH is 1. The van der Waals surface area contributed by atoms with Gasteiger partial charge in [-0.15, -0.1) is 0 Å². The molecule has 0 aromatic heterocycles. The van der Waals surface area contributed by atoms with Crippen molar-refractivity contribution in [3.05, 3.63) is 60.2 Å². The van der Waals surface area contributed by atoms with E-state index in [0.29, 0.717) is 36.7 Å². The molecule has 1 heterocycles. The Labute approximate surface area is 152 Å². The van der Waals surface area contributed by atoms with Gasteiger partial charge in [-0.1, -0.05) is 30.3 Å². The number of para-hydroxylation sites is 2. The summed E-state index contributed by atoms with van der Waals surface area (Å²) in [5.74, 6) is 0.945. The molecule has 1 fully saturated rings. The lowest BCUT2D eigenvalue weighted by molar-refractivity contribution is -0.0737. The van der Waals surface area contributed by atoms with Crippen molar-refractivity contribution >= 4 is 5.91 Å². The van der Waals surface area contributed by atoms with Crippen molar-refractivity contribution in [1.29, 1.82) is 0 Å². The van der Waals surface area contributed by atoms with Crippen molar-refractivity contribution in [2.75, 3.05) is 26.4 Å². The number of carbonyl (C=O) groups is 1. The summed E-state index contributed by atoms with van der Waals surface area (Å²) in [6.07, 6.45) is 0.380. The van der Waals surface area contributed by atoms with Crippen molar-refractivity contribution < 1.29 is 24.1 Å². The van der Waals surface area contributed by atoms with E-state index >= 15 is 0 Å². The summed E-state index contributed by atoms with van der Waals surface area (Å²) >= 11 is 0. The molecule has 1 saturated heterocycles. The molecule has 1 aliphatic heterocycles. The molecule has 138 valence electrons. The van der Waals surface area contributed by atoms with E-state index in [1.54, 1.807) is 18.2 Å². The third-order valence-electron chi connectivity index (χ3n) is 4.15. The zero-order valence-electron chi connectivity index (χ0n) is 14.5. The van der Waals surface area contributed by atoms with E-state index in [-0.39, 0.29) is 31.3 Å². The van der Waals surface area contributed by atoms with Crippen LogP contribution in [0.2, 0.25) is 0 Å². The highest BCUT2D eigenvalue weighted by Gasteiger charge is 2.28. The summed E-state index contributed by atoms with van der Waals surface area (Å²) in [5.41, 5.74) is 0.462. The molecule has 0 aliphatic carbocycles. The average molecular weight is 357 g/mol. The second-order valence-electron chi connectivity index (χ2n) is 5.99. The quantitative estimate of drug-likeness (QED) is 0.796. The predicted molar refractivity (Wildman–Crippen MR) is 96.5 cm³/mol. The molecule has 2 atom stereocenters. The molecule has 0 unspecified atom stereocenters. The molecule has 3 rings (SSSR count).